The van der Waals surface area contributed by atoms with Crippen LogP contribution >= 0.6 is 0 Å². The minimum atomic E-state index is -4.71. The van der Waals surface area contributed by atoms with E-state index in [9.17, 15) is 22.8 Å². The number of H-pyrrole nitrogens is 1. The lowest BCUT2D eigenvalue weighted by Gasteiger charge is -2.15. The third-order valence-electron chi connectivity index (χ3n) is 5.71. The number of rotatable bonds is 7. The Bertz CT molecular complexity index is 1410. The molecule has 0 aliphatic carbocycles. The third-order valence-corrected chi connectivity index (χ3v) is 5.71. The first-order valence-corrected chi connectivity index (χ1v) is 11.2. The second kappa shape index (κ2) is 10.2. The number of fused-ring (bicyclic) bond motifs is 1. The molecule has 0 radical (unpaired) electrons. The number of anilines is 2. The first-order valence-electron chi connectivity index (χ1n) is 11.2. The molecule has 0 atom stereocenters. The standard InChI is InChI=1S/C27H24F3N3O3/c1-16(34)31-18-9-13-24(22(15-18)27(28,29)30)32-25(35)14-12-21-20-5-3-4-6-23(20)33-26(21)17-7-10-19(36-2)11-8-17/h3-11,13,15,33H,12,14H2,1-2H3,(H,31,34)(H,32,35). The number of hydrogen-bond acceptors (Lipinski definition) is 3. The molecule has 3 aromatic carbocycles. The Balaban J connectivity index is 1.58. The van der Waals surface area contributed by atoms with Gasteiger partial charge in [-0.05, 0) is 66.1 Å². The van der Waals surface area contributed by atoms with Crippen molar-refractivity contribution in [1.82, 2.24) is 4.98 Å². The zero-order chi connectivity index (χ0) is 25.9. The highest BCUT2D eigenvalue weighted by Gasteiger charge is 2.34. The first-order chi connectivity index (χ1) is 17.2. The number of carbonyl (C=O) groups is 2. The van der Waals surface area contributed by atoms with E-state index in [0.717, 1.165) is 39.9 Å². The minimum absolute atomic E-state index is 0.00394. The molecule has 4 aromatic rings. The highest BCUT2D eigenvalue weighted by atomic mass is 19.4. The van der Waals surface area contributed by atoms with Gasteiger partial charge in [0.05, 0.1) is 18.4 Å². The van der Waals surface area contributed by atoms with Crippen LogP contribution < -0.4 is 15.4 Å². The van der Waals surface area contributed by atoms with Gasteiger partial charge in [-0.15, -0.1) is 0 Å². The van der Waals surface area contributed by atoms with Gasteiger partial charge in [-0.2, -0.15) is 13.2 Å². The summed E-state index contributed by atoms with van der Waals surface area (Å²) in [6.45, 7) is 1.20. The van der Waals surface area contributed by atoms with E-state index in [-0.39, 0.29) is 17.8 Å². The van der Waals surface area contributed by atoms with Crippen molar-refractivity contribution in [3.63, 3.8) is 0 Å². The zero-order valence-corrected chi connectivity index (χ0v) is 19.6. The van der Waals surface area contributed by atoms with Crippen LogP contribution in [0.5, 0.6) is 5.75 Å². The van der Waals surface area contributed by atoms with E-state index < -0.39 is 23.6 Å². The van der Waals surface area contributed by atoms with Crippen molar-refractivity contribution in [2.24, 2.45) is 0 Å². The number of hydrogen-bond donors (Lipinski definition) is 3. The molecular formula is C27H24F3N3O3. The van der Waals surface area contributed by atoms with E-state index in [0.29, 0.717) is 12.2 Å². The number of ether oxygens (including phenoxy) is 1. The predicted molar refractivity (Wildman–Crippen MR) is 133 cm³/mol. The fraction of sp³-hybridized carbons (Fsp3) is 0.185. The van der Waals surface area contributed by atoms with Crippen LogP contribution in [0.3, 0.4) is 0 Å². The maximum atomic E-state index is 13.6. The number of aromatic nitrogens is 1. The number of halogens is 3. The number of aromatic amines is 1. The monoisotopic (exact) mass is 495 g/mol. The maximum Gasteiger partial charge on any atom is 0.418 e. The molecule has 0 aliphatic rings. The number of para-hydroxylation sites is 1. The Morgan fingerprint density at radius 3 is 2.36 bits per heavy atom. The highest BCUT2D eigenvalue weighted by molar-refractivity contribution is 5.95. The van der Waals surface area contributed by atoms with Crippen molar-refractivity contribution in [2.75, 3.05) is 17.7 Å². The Morgan fingerprint density at radius 2 is 1.69 bits per heavy atom. The molecule has 0 unspecified atom stereocenters. The van der Waals surface area contributed by atoms with Crippen LogP contribution in [0.25, 0.3) is 22.2 Å². The van der Waals surface area contributed by atoms with Gasteiger partial charge in [0.1, 0.15) is 5.75 Å². The molecule has 0 aliphatic heterocycles. The summed E-state index contributed by atoms with van der Waals surface area (Å²) >= 11 is 0. The number of nitrogens with one attached hydrogen (secondary N) is 3. The normalized spacial score (nSPS) is 11.4. The molecule has 36 heavy (non-hydrogen) atoms. The van der Waals surface area contributed by atoms with Crippen molar-refractivity contribution in [3.05, 3.63) is 77.9 Å². The van der Waals surface area contributed by atoms with Crippen molar-refractivity contribution in [1.29, 1.82) is 0 Å². The smallest absolute Gasteiger partial charge is 0.418 e. The van der Waals surface area contributed by atoms with E-state index in [4.69, 9.17) is 4.74 Å². The van der Waals surface area contributed by atoms with Gasteiger partial charge >= 0.3 is 6.18 Å². The molecule has 186 valence electrons. The Morgan fingerprint density at radius 1 is 0.972 bits per heavy atom. The molecule has 9 heteroatoms. The van der Waals surface area contributed by atoms with Gasteiger partial charge in [0.15, 0.2) is 0 Å². The molecule has 0 saturated carbocycles. The molecule has 4 rings (SSSR count). The average Bonchev–Trinajstić information content (AvgIpc) is 3.21. The highest BCUT2D eigenvalue weighted by Crippen LogP contribution is 2.37. The van der Waals surface area contributed by atoms with E-state index in [1.54, 1.807) is 7.11 Å². The summed E-state index contributed by atoms with van der Waals surface area (Å²) in [6.07, 6.45) is -4.44. The molecule has 0 bridgehead atoms. The van der Waals surface area contributed by atoms with Crippen LogP contribution in [-0.4, -0.2) is 23.9 Å². The summed E-state index contributed by atoms with van der Waals surface area (Å²) in [5.74, 6) is -0.342. The van der Waals surface area contributed by atoms with Crippen LogP contribution in [0.1, 0.15) is 24.5 Å². The average molecular weight is 496 g/mol. The van der Waals surface area contributed by atoms with Crippen molar-refractivity contribution in [2.45, 2.75) is 25.9 Å². The number of alkyl halides is 3. The summed E-state index contributed by atoms with van der Waals surface area (Å²) in [6, 6.07) is 18.4. The van der Waals surface area contributed by atoms with Gasteiger partial charge in [-0.3, -0.25) is 9.59 Å². The van der Waals surface area contributed by atoms with Crippen LogP contribution in [-0.2, 0) is 22.2 Å². The Labute approximate surface area is 205 Å². The van der Waals surface area contributed by atoms with Gasteiger partial charge in [-0.25, -0.2) is 0 Å². The lowest BCUT2D eigenvalue weighted by Crippen LogP contribution is -2.17. The molecule has 0 spiro atoms. The topological polar surface area (TPSA) is 83.2 Å². The molecule has 6 nitrogen and oxygen atoms in total. The first kappa shape index (κ1) is 24.8. The van der Waals surface area contributed by atoms with Crippen molar-refractivity contribution >= 4 is 34.1 Å². The van der Waals surface area contributed by atoms with E-state index in [1.165, 1.54) is 13.0 Å². The number of aryl methyl sites for hydroxylation is 1. The lowest BCUT2D eigenvalue weighted by atomic mass is 10.0. The minimum Gasteiger partial charge on any atom is -0.497 e. The summed E-state index contributed by atoms with van der Waals surface area (Å²) in [4.78, 5) is 27.3. The fourth-order valence-corrected chi connectivity index (χ4v) is 4.08. The molecule has 3 N–H and O–H groups in total. The number of benzene rings is 3. The molecule has 0 fully saturated rings. The molecular weight excluding hydrogens is 471 g/mol. The fourth-order valence-electron chi connectivity index (χ4n) is 4.08. The van der Waals surface area contributed by atoms with Crippen LogP contribution in [0, 0.1) is 0 Å². The second-order valence-electron chi connectivity index (χ2n) is 8.24. The predicted octanol–water partition coefficient (Wildman–Crippen LogP) is 6.39. The van der Waals surface area contributed by atoms with Crippen molar-refractivity contribution < 1.29 is 27.5 Å². The largest absolute Gasteiger partial charge is 0.497 e. The second-order valence-corrected chi connectivity index (χ2v) is 8.24. The number of methoxy groups -OCH3 is 1. The van der Waals surface area contributed by atoms with E-state index in [2.05, 4.69) is 15.6 Å². The van der Waals surface area contributed by atoms with Crippen LogP contribution in [0.15, 0.2) is 66.7 Å². The van der Waals surface area contributed by atoms with Gasteiger partial charge in [0, 0.05) is 35.6 Å². The van der Waals surface area contributed by atoms with Gasteiger partial charge in [-0.1, -0.05) is 18.2 Å². The van der Waals surface area contributed by atoms with Gasteiger partial charge < -0.3 is 20.4 Å². The molecule has 2 amide bonds. The molecule has 1 heterocycles. The van der Waals surface area contributed by atoms with Gasteiger partial charge in [0.25, 0.3) is 0 Å². The maximum absolute atomic E-state index is 13.6. The number of carbonyl (C=O) groups excluding carboxylic acids is 2. The van der Waals surface area contributed by atoms with E-state index in [1.807, 2.05) is 48.5 Å². The third kappa shape index (κ3) is 5.51. The zero-order valence-electron chi connectivity index (χ0n) is 19.6. The quantitative estimate of drug-likeness (QED) is 0.278. The molecule has 0 saturated heterocycles. The summed E-state index contributed by atoms with van der Waals surface area (Å²) in [5, 5.41) is 5.65. The SMILES string of the molecule is COc1ccc(-c2[nH]c3ccccc3c2CCC(=O)Nc2ccc(NC(C)=O)cc2C(F)(F)F)cc1. The summed E-state index contributed by atoms with van der Waals surface area (Å²) in [5.41, 5.74) is 2.12. The van der Waals surface area contributed by atoms with Crippen LogP contribution in [0.2, 0.25) is 0 Å². The molecule has 1 aromatic heterocycles. The van der Waals surface area contributed by atoms with Gasteiger partial charge in [0.2, 0.25) is 11.8 Å². The lowest BCUT2D eigenvalue weighted by molar-refractivity contribution is -0.137. The summed E-state index contributed by atoms with van der Waals surface area (Å²) < 4.78 is 46.1. The van der Waals surface area contributed by atoms with Crippen molar-refractivity contribution in [3.8, 4) is 17.0 Å². The summed E-state index contributed by atoms with van der Waals surface area (Å²) in [7, 11) is 1.58. The number of amides is 2. The Kier molecular flexibility index (Phi) is 7.00. The van der Waals surface area contributed by atoms with Crippen LogP contribution in [0.4, 0.5) is 24.5 Å². The Hall–Kier alpha value is -4.27. The van der Waals surface area contributed by atoms with E-state index >= 15 is 0 Å².